The van der Waals surface area contributed by atoms with Crippen LogP contribution < -0.4 is 10.1 Å². The van der Waals surface area contributed by atoms with Gasteiger partial charge in [0.2, 0.25) is 5.88 Å². The molecule has 1 heterocycles. The first kappa shape index (κ1) is 17.4. The van der Waals surface area contributed by atoms with Crippen LogP contribution in [0.25, 0.3) is 0 Å². The summed E-state index contributed by atoms with van der Waals surface area (Å²) in [6.07, 6.45) is 1.44. The molecule has 1 aromatic carbocycles. The van der Waals surface area contributed by atoms with Crippen molar-refractivity contribution in [1.82, 2.24) is 15.2 Å². The minimum atomic E-state index is -0.608. The predicted molar refractivity (Wildman–Crippen MR) is 94.6 cm³/mol. The van der Waals surface area contributed by atoms with Gasteiger partial charge in [-0.3, -0.25) is 4.79 Å². The third-order valence-corrected chi connectivity index (χ3v) is 4.28. The molecule has 0 radical (unpaired) electrons. The summed E-state index contributed by atoms with van der Waals surface area (Å²) in [6, 6.07) is 10.7. The third kappa shape index (κ3) is 4.15. The third-order valence-electron chi connectivity index (χ3n) is 4.28. The number of aliphatic hydroxyl groups excluding tert-OH is 1. The Morgan fingerprint density at radius 3 is 2.84 bits per heavy atom. The second-order valence-electron chi connectivity index (χ2n) is 6.46. The lowest BCUT2D eigenvalue weighted by molar-refractivity contribution is 0.0857. The van der Waals surface area contributed by atoms with Crippen LogP contribution in [0.4, 0.5) is 0 Å². The molecule has 1 amide bonds. The molecule has 3 rings (SSSR count). The monoisotopic (exact) mass is 341 g/mol. The zero-order valence-electron chi connectivity index (χ0n) is 14.5. The van der Waals surface area contributed by atoms with E-state index in [0.717, 1.165) is 17.7 Å². The van der Waals surface area contributed by atoms with E-state index < -0.39 is 6.10 Å². The topological polar surface area (TPSA) is 74.7 Å². The smallest absolute Gasteiger partial charge is 0.253 e. The highest BCUT2D eigenvalue weighted by molar-refractivity contribution is 5.94. The summed E-state index contributed by atoms with van der Waals surface area (Å²) in [4.78, 5) is 18.7. The van der Waals surface area contributed by atoms with E-state index in [1.165, 1.54) is 6.20 Å². The quantitative estimate of drug-likeness (QED) is 0.831. The zero-order valence-corrected chi connectivity index (χ0v) is 14.5. The van der Waals surface area contributed by atoms with Gasteiger partial charge in [-0.15, -0.1) is 0 Å². The van der Waals surface area contributed by atoms with Gasteiger partial charge in [0, 0.05) is 25.2 Å². The van der Waals surface area contributed by atoms with Crippen LogP contribution in [0.5, 0.6) is 5.88 Å². The Kier molecular flexibility index (Phi) is 5.31. The summed E-state index contributed by atoms with van der Waals surface area (Å²) in [6.45, 7) is 1.33. The van der Waals surface area contributed by atoms with E-state index in [2.05, 4.69) is 10.3 Å². The number of hydrogen-bond acceptors (Lipinski definition) is 5. The van der Waals surface area contributed by atoms with Crippen LogP contribution in [0, 0.1) is 0 Å². The Labute approximate surface area is 147 Å². The molecule has 2 atom stereocenters. The first-order valence-corrected chi connectivity index (χ1v) is 8.35. The molecular weight excluding hydrogens is 318 g/mol. The molecule has 2 aromatic rings. The molecule has 6 nitrogen and oxygen atoms in total. The number of likely N-dealkylation sites (N-methyl/N-ethyl adjacent to an activating group) is 1. The maximum absolute atomic E-state index is 12.5. The van der Waals surface area contributed by atoms with E-state index in [4.69, 9.17) is 4.74 Å². The molecule has 25 heavy (non-hydrogen) atoms. The molecule has 2 N–H and O–H groups in total. The minimum Gasteiger partial charge on any atom is -0.476 e. The van der Waals surface area contributed by atoms with Crippen molar-refractivity contribution < 1.29 is 14.6 Å². The summed E-state index contributed by atoms with van der Waals surface area (Å²) in [5, 5.41) is 13.1. The van der Waals surface area contributed by atoms with Gasteiger partial charge in [-0.1, -0.05) is 24.3 Å². The number of carbonyl (C=O) groups excluding carboxylic acids is 1. The second-order valence-corrected chi connectivity index (χ2v) is 6.46. The number of fused-ring (bicyclic) bond motifs is 1. The van der Waals surface area contributed by atoms with Gasteiger partial charge in [0.15, 0.2) is 0 Å². The normalized spacial score (nSPS) is 18.9. The SMILES string of the molecule is CN(C)CCOc1ccc(C(=O)N[C@H]2c3ccccc3C[C@@H]2O)cn1. The van der Waals surface area contributed by atoms with Gasteiger partial charge < -0.3 is 20.1 Å². The fourth-order valence-electron chi connectivity index (χ4n) is 2.91. The number of pyridine rings is 1. The number of nitrogens with zero attached hydrogens (tertiary/aromatic N) is 2. The van der Waals surface area contributed by atoms with Crippen molar-refractivity contribution in [3.05, 3.63) is 59.3 Å². The number of rotatable bonds is 6. The second kappa shape index (κ2) is 7.63. The number of amides is 1. The molecule has 0 saturated heterocycles. The molecule has 0 bridgehead atoms. The fourth-order valence-corrected chi connectivity index (χ4v) is 2.91. The van der Waals surface area contributed by atoms with E-state index in [-0.39, 0.29) is 11.9 Å². The highest BCUT2D eigenvalue weighted by Crippen LogP contribution is 2.31. The first-order chi connectivity index (χ1) is 12.0. The van der Waals surface area contributed by atoms with Crippen LogP contribution in [-0.2, 0) is 6.42 Å². The molecule has 1 aliphatic carbocycles. The lowest BCUT2D eigenvalue weighted by atomic mass is 10.1. The standard InChI is InChI=1S/C19H23N3O3/c1-22(2)9-10-25-17-8-7-14(12-20-17)19(24)21-18-15-6-4-3-5-13(15)11-16(18)23/h3-8,12,16,18,23H,9-11H2,1-2H3,(H,21,24)/t16-,18-/m0/s1. The Balaban J connectivity index is 1.62. The summed E-state index contributed by atoms with van der Waals surface area (Å²) in [7, 11) is 3.94. The molecule has 6 heteroatoms. The Morgan fingerprint density at radius 2 is 2.12 bits per heavy atom. The maximum atomic E-state index is 12.5. The van der Waals surface area contributed by atoms with Crippen LogP contribution in [0.2, 0.25) is 0 Å². The molecule has 132 valence electrons. The Morgan fingerprint density at radius 1 is 1.32 bits per heavy atom. The molecule has 0 fully saturated rings. The number of carbonyl (C=O) groups is 1. The van der Waals surface area contributed by atoms with Gasteiger partial charge in [0.25, 0.3) is 5.91 Å². The van der Waals surface area contributed by atoms with Crippen molar-refractivity contribution in [3.63, 3.8) is 0 Å². The van der Waals surface area contributed by atoms with Gasteiger partial charge in [-0.2, -0.15) is 0 Å². The summed E-state index contributed by atoms with van der Waals surface area (Å²) in [5.74, 6) is 0.234. The van der Waals surface area contributed by atoms with Crippen LogP contribution in [0.1, 0.15) is 27.5 Å². The summed E-state index contributed by atoms with van der Waals surface area (Å²) < 4.78 is 5.52. The lowest BCUT2D eigenvalue weighted by Gasteiger charge is -2.18. The fraction of sp³-hybridized carbons (Fsp3) is 0.368. The number of aromatic nitrogens is 1. The van der Waals surface area contributed by atoms with Gasteiger partial charge in [-0.05, 0) is 31.3 Å². The molecule has 1 aromatic heterocycles. The van der Waals surface area contributed by atoms with E-state index >= 15 is 0 Å². The van der Waals surface area contributed by atoms with Crippen LogP contribution in [0.3, 0.4) is 0 Å². The van der Waals surface area contributed by atoms with Crippen molar-refractivity contribution in [2.24, 2.45) is 0 Å². The number of hydrogen-bond donors (Lipinski definition) is 2. The maximum Gasteiger partial charge on any atom is 0.253 e. The molecule has 0 saturated carbocycles. The number of aliphatic hydroxyl groups is 1. The van der Waals surface area contributed by atoms with Gasteiger partial charge >= 0.3 is 0 Å². The predicted octanol–water partition coefficient (Wildman–Crippen LogP) is 1.41. The molecule has 0 unspecified atom stereocenters. The first-order valence-electron chi connectivity index (χ1n) is 8.35. The highest BCUT2D eigenvalue weighted by atomic mass is 16.5. The van der Waals surface area contributed by atoms with Crippen LogP contribution in [0.15, 0.2) is 42.6 Å². The van der Waals surface area contributed by atoms with Gasteiger partial charge in [0.05, 0.1) is 17.7 Å². The van der Waals surface area contributed by atoms with E-state index in [0.29, 0.717) is 24.5 Å². The van der Waals surface area contributed by atoms with Crippen molar-refractivity contribution in [1.29, 1.82) is 0 Å². The van der Waals surface area contributed by atoms with Crippen molar-refractivity contribution in [3.8, 4) is 5.88 Å². The largest absolute Gasteiger partial charge is 0.476 e. The van der Waals surface area contributed by atoms with Gasteiger partial charge in [-0.25, -0.2) is 4.98 Å². The molecule has 0 spiro atoms. The number of nitrogens with one attached hydrogen (secondary N) is 1. The lowest BCUT2D eigenvalue weighted by Crippen LogP contribution is -2.33. The molecule has 0 aliphatic heterocycles. The Hall–Kier alpha value is -2.44. The summed E-state index contributed by atoms with van der Waals surface area (Å²) in [5.41, 5.74) is 2.49. The van der Waals surface area contributed by atoms with E-state index in [9.17, 15) is 9.90 Å². The Bertz CT molecular complexity index is 731. The van der Waals surface area contributed by atoms with E-state index in [1.807, 2.05) is 43.3 Å². The van der Waals surface area contributed by atoms with E-state index in [1.54, 1.807) is 12.1 Å². The average molecular weight is 341 g/mol. The van der Waals surface area contributed by atoms with Crippen LogP contribution in [-0.4, -0.2) is 54.2 Å². The van der Waals surface area contributed by atoms with Crippen LogP contribution >= 0.6 is 0 Å². The minimum absolute atomic E-state index is 0.256. The zero-order chi connectivity index (χ0) is 17.8. The van der Waals surface area contributed by atoms with Crippen molar-refractivity contribution >= 4 is 5.91 Å². The summed E-state index contributed by atoms with van der Waals surface area (Å²) >= 11 is 0. The van der Waals surface area contributed by atoms with Gasteiger partial charge in [0.1, 0.15) is 6.61 Å². The van der Waals surface area contributed by atoms with Crippen molar-refractivity contribution in [2.45, 2.75) is 18.6 Å². The number of ether oxygens (including phenoxy) is 1. The molecular formula is C19H23N3O3. The molecule has 1 aliphatic rings. The highest BCUT2D eigenvalue weighted by Gasteiger charge is 2.32. The van der Waals surface area contributed by atoms with Crippen molar-refractivity contribution in [2.75, 3.05) is 27.2 Å². The number of benzene rings is 1. The average Bonchev–Trinajstić information content (AvgIpc) is 2.91.